The summed E-state index contributed by atoms with van der Waals surface area (Å²) in [6.07, 6.45) is 6.25. The minimum absolute atomic E-state index is 0.311. The van der Waals surface area contributed by atoms with Gasteiger partial charge in [0.05, 0.1) is 12.7 Å². The molecule has 1 N–H and O–H groups in total. The quantitative estimate of drug-likeness (QED) is 0.577. The summed E-state index contributed by atoms with van der Waals surface area (Å²) in [5.74, 6) is 0. The molecule has 0 aliphatic heterocycles. The minimum atomic E-state index is -3.29. The Morgan fingerprint density at radius 1 is 1.27 bits per heavy atom. The highest BCUT2D eigenvalue weighted by Crippen LogP contribution is 2.19. The molecule has 1 aliphatic carbocycles. The van der Waals surface area contributed by atoms with Crippen LogP contribution in [0.15, 0.2) is 0 Å². The SMILES string of the molecule is O=S(=O)(CCl)NCCOC1CCCCC1. The van der Waals surface area contributed by atoms with E-state index in [1.807, 2.05) is 0 Å². The van der Waals surface area contributed by atoms with Gasteiger partial charge in [0.1, 0.15) is 5.21 Å². The Kier molecular flexibility index (Phi) is 5.89. The molecular weight excluding hydrogens is 238 g/mol. The number of alkyl halides is 1. The maximum absolute atomic E-state index is 11.0. The summed E-state index contributed by atoms with van der Waals surface area (Å²) < 4.78 is 29.8. The summed E-state index contributed by atoms with van der Waals surface area (Å²) in [5, 5.41) is -0.392. The summed E-state index contributed by atoms with van der Waals surface area (Å²) in [5.41, 5.74) is 0. The molecule has 0 atom stereocenters. The van der Waals surface area contributed by atoms with Crippen LogP contribution in [0.3, 0.4) is 0 Å². The summed E-state index contributed by atoms with van der Waals surface area (Å²) in [6, 6.07) is 0. The number of halogens is 1. The molecule has 0 heterocycles. The fourth-order valence-corrected chi connectivity index (χ4v) is 2.40. The van der Waals surface area contributed by atoms with E-state index in [2.05, 4.69) is 4.72 Å². The summed E-state index contributed by atoms with van der Waals surface area (Å²) in [6.45, 7) is 0.742. The summed E-state index contributed by atoms with van der Waals surface area (Å²) in [4.78, 5) is 0. The zero-order valence-corrected chi connectivity index (χ0v) is 10.3. The first-order valence-electron chi connectivity index (χ1n) is 5.29. The van der Waals surface area contributed by atoms with Crippen molar-refractivity contribution in [1.29, 1.82) is 0 Å². The van der Waals surface area contributed by atoms with Gasteiger partial charge >= 0.3 is 0 Å². The molecule has 15 heavy (non-hydrogen) atoms. The summed E-state index contributed by atoms with van der Waals surface area (Å²) >= 11 is 5.23. The van der Waals surface area contributed by atoms with Gasteiger partial charge in [-0.2, -0.15) is 0 Å². The molecule has 1 saturated carbocycles. The number of rotatable bonds is 6. The van der Waals surface area contributed by atoms with Crippen LogP contribution in [0.1, 0.15) is 32.1 Å². The van der Waals surface area contributed by atoms with Crippen molar-refractivity contribution in [1.82, 2.24) is 4.72 Å². The molecule has 1 fully saturated rings. The second-order valence-corrected chi connectivity index (χ2v) is 6.14. The first-order chi connectivity index (χ1) is 7.14. The lowest BCUT2D eigenvalue weighted by atomic mass is 9.98. The smallest absolute Gasteiger partial charge is 0.225 e. The Bertz CT molecular complexity index is 263. The highest BCUT2D eigenvalue weighted by atomic mass is 35.5. The highest BCUT2D eigenvalue weighted by molar-refractivity contribution is 7.90. The first kappa shape index (κ1) is 13.2. The molecule has 6 heteroatoms. The molecule has 0 bridgehead atoms. The molecular formula is C9H18ClNO3S. The third-order valence-corrected chi connectivity index (χ3v) is 4.27. The van der Waals surface area contributed by atoms with Crippen molar-refractivity contribution in [3.05, 3.63) is 0 Å². The van der Waals surface area contributed by atoms with Crippen LogP contribution in [0.5, 0.6) is 0 Å². The van der Waals surface area contributed by atoms with Crippen LogP contribution in [-0.2, 0) is 14.8 Å². The van der Waals surface area contributed by atoms with E-state index < -0.39 is 15.2 Å². The van der Waals surface area contributed by atoms with E-state index in [1.165, 1.54) is 19.3 Å². The van der Waals surface area contributed by atoms with Crippen molar-refractivity contribution >= 4 is 21.6 Å². The van der Waals surface area contributed by atoms with Gasteiger partial charge < -0.3 is 4.74 Å². The van der Waals surface area contributed by atoms with E-state index in [9.17, 15) is 8.42 Å². The lowest BCUT2D eigenvalue weighted by molar-refractivity contribution is 0.0321. The normalized spacial score (nSPS) is 19.3. The number of hydrogen-bond acceptors (Lipinski definition) is 3. The van der Waals surface area contributed by atoms with Gasteiger partial charge in [-0.15, -0.1) is 11.6 Å². The molecule has 90 valence electrons. The molecule has 1 rings (SSSR count). The van der Waals surface area contributed by atoms with Crippen LogP contribution >= 0.6 is 11.6 Å². The van der Waals surface area contributed by atoms with Crippen LogP contribution in [-0.4, -0.2) is 32.9 Å². The molecule has 0 saturated heterocycles. The van der Waals surface area contributed by atoms with Gasteiger partial charge in [0.2, 0.25) is 10.0 Å². The second kappa shape index (κ2) is 6.68. The Balaban J connectivity index is 2.06. The number of nitrogens with one attached hydrogen (secondary N) is 1. The fourth-order valence-electron chi connectivity index (χ4n) is 1.69. The molecule has 0 spiro atoms. The van der Waals surface area contributed by atoms with E-state index in [4.69, 9.17) is 16.3 Å². The van der Waals surface area contributed by atoms with Crippen LogP contribution in [0.2, 0.25) is 0 Å². The van der Waals surface area contributed by atoms with Gasteiger partial charge in [0.25, 0.3) is 0 Å². The van der Waals surface area contributed by atoms with E-state index in [1.54, 1.807) is 0 Å². The average molecular weight is 256 g/mol. The van der Waals surface area contributed by atoms with Crippen LogP contribution in [0, 0.1) is 0 Å². The largest absolute Gasteiger partial charge is 0.377 e. The third-order valence-electron chi connectivity index (χ3n) is 2.47. The second-order valence-electron chi connectivity index (χ2n) is 3.75. The highest BCUT2D eigenvalue weighted by Gasteiger charge is 2.13. The Labute approximate surface area is 96.4 Å². The van der Waals surface area contributed by atoms with Crippen LogP contribution in [0.4, 0.5) is 0 Å². The van der Waals surface area contributed by atoms with Crippen LogP contribution < -0.4 is 4.72 Å². The van der Waals surface area contributed by atoms with Gasteiger partial charge in [0, 0.05) is 6.54 Å². The van der Waals surface area contributed by atoms with Gasteiger partial charge in [0.15, 0.2) is 0 Å². The summed E-state index contributed by atoms with van der Waals surface area (Å²) in [7, 11) is -3.29. The molecule has 0 aromatic carbocycles. The number of sulfonamides is 1. The molecule has 0 aromatic rings. The van der Waals surface area contributed by atoms with Crippen molar-refractivity contribution in [3.8, 4) is 0 Å². The van der Waals surface area contributed by atoms with Gasteiger partial charge in [-0.3, -0.25) is 0 Å². The number of ether oxygens (including phenoxy) is 1. The molecule has 0 amide bonds. The lowest BCUT2D eigenvalue weighted by Gasteiger charge is -2.21. The maximum Gasteiger partial charge on any atom is 0.225 e. The molecule has 0 radical (unpaired) electrons. The van der Waals surface area contributed by atoms with E-state index in [0.717, 1.165) is 12.8 Å². The first-order valence-corrected chi connectivity index (χ1v) is 7.47. The van der Waals surface area contributed by atoms with Crippen LogP contribution in [0.25, 0.3) is 0 Å². The predicted molar refractivity (Wildman–Crippen MR) is 60.5 cm³/mol. The van der Waals surface area contributed by atoms with Gasteiger partial charge in [-0.25, -0.2) is 13.1 Å². The lowest BCUT2D eigenvalue weighted by Crippen LogP contribution is -2.30. The molecule has 0 aromatic heterocycles. The Hall–Kier alpha value is 0.160. The monoisotopic (exact) mass is 255 g/mol. The zero-order chi connectivity index (χ0) is 11.1. The predicted octanol–water partition coefficient (Wildman–Crippen LogP) is 1.45. The average Bonchev–Trinajstić information content (AvgIpc) is 2.26. The van der Waals surface area contributed by atoms with E-state index in [0.29, 0.717) is 19.3 Å². The van der Waals surface area contributed by atoms with Crippen molar-refractivity contribution in [2.75, 3.05) is 18.4 Å². The third kappa shape index (κ3) is 5.70. The van der Waals surface area contributed by atoms with Gasteiger partial charge in [-0.05, 0) is 12.8 Å². The minimum Gasteiger partial charge on any atom is -0.377 e. The Morgan fingerprint density at radius 2 is 1.93 bits per heavy atom. The Morgan fingerprint density at radius 3 is 2.53 bits per heavy atom. The van der Waals surface area contributed by atoms with E-state index >= 15 is 0 Å². The molecule has 4 nitrogen and oxygen atoms in total. The standard InChI is InChI=1S/C9H18ClNO3S/c10-8-15(12,13)11-6-7-14-9-4-2-1-3-5-9/h9,11H,1-8H2. The zero-order valence-electron chi connectivity index (χ0n) is 8.75. The van der Waals surface area contributed by atoms with Gasteiger partial charge in [-0.1, -0.05) is 19.3 Å². The van der Waals surface area contributed by atoms with Crippen molar-refractivity contribution in [2.45, 2.75) is 38.2 Å². The van der Waals surface area contributed by atoms with Crippen molar-refractivity contribution < 1.29 is 13.2 Å². The van der Waals surface area contributed by atoms with E-state index in [-0.39, 0.29) is 0 Å². The molecule has 1 aliphatic rings. The van der Waals surface area contributed by atoms with Crippen molar-refractivity contribution in [3.63, 3.8) is 0 Å². The fraction of sp³-hybridized carbons (Fsp3) is 1.00. The van der Waals surface area contributed by atoms with Crippen molar-refractivity contribution in [2.24, 2.45) is 0 Å². The molecule has 0 unspecified atom stereocenters. The topological polar surface area (TPSA) is 55.4 Å². The maximum atomic E-state index is 11.0. The number of hydrogen-bond donors (Lipinski definition) is 1.